The summed E-state index contributed by atoms with van der Waals surface area (Å²) in [6.07, 6.45) is 0.150. The number of nitrogens with zero attached hydrogens (tertiary/aromatic N) is 2. The maximum absolute atomic E-state index is 13.3. The number of aromatic nitrogens is 1. The fourth-order valence-corrected chi connectivity index (χ4v) is 3.53. The number of nitrogens with one attached hydrogen (secondary N) is 1. The molecule has 2 amide bonds. The van der Waals surface area contributed by atoms with E-state index >= 15 is 0 Å². The Morgan fingerprint density at radius 3 is 2.55 bits per heavy atom. The van der Waals surface area contributed by atoms with Crippen molar-refractivity contribution in [1.82, 2.24) is 10.3 Å². The number of alkyl carbamates (subject to hydrolysis) is 1. The molecule has 1 aromatic heterocycles. The minimum absolute atomic E-state index is 0.128. The molecule has 0 aliphatic rings. The van der Waals surface area contributed by atoms with E-state index in [2.05, 4.69) is 10.3 Å². The molecule has 0 saturated heterocycles. The van der Waals surface area contributed by atoms with Gasteiger partial charge in [-0.15, -0.1) is 11.3 Å². The SMILES string of the molecule is Cc1nc(CN(C(=O)CCCNC(=O)OCc2ccccc2)c2ccc(F)cc2)cs1. The Bertz CT molecular complexity index is 993. The minimum atomic E-state index is -0.523. The van der Waals surface area contributed by atoms with Gasteiger partial charge in [-0.1, -0.05) is 30.3 Å². The Hall–Kier alpha value is -3.26. The van der Waals surface area contributed by atoms with Crippen LogP contribution >= 0.6 is 11.3 Å². The molecule has 1 heterocycles. The number of carbonyl (C=O) groups is 2. The third kappa shape index (κ3) is 7.18. The molecule has 3 rings (SSSR count). The van der Waals surface area contributed by atoms with Crippen LogP contribution in [0, 0.1) is 12.7 Å². The molecule has 31 heavy (non-hydrogen) atoms. The van der Waals surface area contributed by atoms with Crippen molar-refractivity contribution in [2.24, 2.45) is 0 Å². The first kappa shape index (κ1) is 22.4. The monoisotopic (exact) mass is 441 g/mol. The van der Waals surface area contributed by atoms with Crippen molar-refractivity contribution in [1.29, 1.82) is 0 Å². The zero-order valence-electron chi connectivity index (χ0n) is 17.2. The van der Waals surface area contributed by atoms with Gasteiger partial charge in [0.15, 0.2) is 0 Å². The molecule has 2 aromatic carbocycles. The lowest BCUT2D eigenvalue weighted by Gasteiger charge is -2.22. The van der Waals surface area contributed by atoms with Gasteiger partial charge in [-0.25, -0.2) is 14.2 Å². The van der Waals surface area contributed by atoms with Crippen molar-refractivity contribution in [2.75, 3.05) is 11.4 Å². The van der Waals surface area contributed by atoms with Crippen LogP contribution in [0.5, 0.6) is 0 Å². The summed E-state index contributed by atoms with van der Waals surface area (Å²) in [6.45, 7) is 2.71. The molecule has 0 atom stereocenters. The van der Waals surface area contributed by atoms with Gasteiger partial charge >= 0.3 is 6.09 Å². The summed E-state index contributed by atoms with van der Waals surface area (Å²) in [6, 6.07) is 15.2. The van der Waals surface area contributed by atoms with Crippen LogP contribution in [0.15, 0.2) is 60.0 Å². The highest BCUT2D eigenvalue weighted by Gasteiger charge is 2.17. The van der Waals surface area contributed by atoms with E-state index in [0.29, 0.717) is 25.2 Å². The molecule has 0 radical (unpaired) electrons. The van der Waals surface area contributed by atoms with E-state index in [-0.39, 0.29) is 24.8 Å². The van der Waals surface area contributed by atoms with Crippen LogP contribution in [0.3, 0.4) is 0 Å². The number of halogens is 1. The Labute approximate surface area is 184 Å². The Balaban J connectivity index is 1.49. The highest BCUT2D eigenvalue weighted by molar-refractivity contribution is 7.09. The minimum Gasteiger partial charge on any atom is -0.445 e. The number of anilines is 1. The summed E-state index contributed by atoms with van der Waals surface area (Å²) in [5, 5.41) is 5.48. The van der Waals surface area contributed by atoms with Crippen molar-refractivity contribution in [3.63, 3.8) is 0 Å². The van der Waals surface area contributed by atoms with Gasteiger partial charge in [-0.2, -0.15) is 0 Å². The molecule has 0 unspecified atom stereocenters. The van der Waals surface area contributed by atoms with E-state index in [1.807, 2.05) is 42.6 Å². The zero-order valence-corrected chi connectivity index (χ0v) is 18.0. The second-order valence-electron chi connectivity index (χ2n) is 6.91. The lowest BCUT2D eigenvalue weighted by Crippen LogP contribution is -2.32. The van der Waals surface area contributed by atoms with Crippen LogP contribution in [0.1, 0.15) is 29.1 Å². The van der Waals surface area contributed by atoms with Crippen molar-refractivity contribution >= 4 is 29.0 Å². The number of carbonyl (C=O) groups excluding carboxylic acids is 2. The summed E-state index contributed by atoms with van der Waals surface area (Å²) < 4.78 is 18.5. The van der Waals surface area contributed by atoms with E-state index in [1.54, 1.807) is 17.0 Å². The van der Waals surface area contributed by atoms with Gasteiger partial charge < -0.3 is 15.0 Å². The average molecular weight is 442 g/mol. The number of thiazole rings is 1. The molecule has 3 aromatic rings. The summed E-state index contributed by atoms with van der Waals surface area (Å²) in [4.78, 5) is 30.7. The first-order chi connectivity index (χ1) is 15.0. The predicted octanol–water partition coefficient (Wildman–Crippen LogP) is 4.83. The van der Waals surface area contributed by atoms with Gasteiger partial charge in [0.2, 0.25) is 5.91 Å². The topological polar surface area (TPSA) is 71.5 Å². The van der Waals surface area contributed by atoms with Crippen LogP contribution < -0.4 is 10.2 Å². The van der Waals surface area contributed by atoms with E-state index < -0.39 is 6.09 Å². The number of hydrogen-bond donors (Lipinski definition) is 1. The molecule has 0 aliphatic heterocycles. The Morgan fingerprint density at radius 2 is 1.87 bits per heavy atom. The highest BCUT2D eigenvalue weighted by atomic mass is 32.1. The maximum atomic E-state index is 13.3. The lowest BCUT2D eigenvalue weighted by molar-refractivity contribution is -0.118. The van der Waals surface area contributed by atoms with Gasteiger partial charge in [0.25, 0.3) is 0 Å². The summed E-state index contributed by atoms with van der Waals surface area (Å²) in [5.41, 5.74) is 2.29. The summed E-state index contributed by atoms with van der Waals surface area (Å²) in [5.74, 6) is -0.490. The average Bonchev–Trinajstić information content (AvgIpc) is 3.19. The standard InChI is InChI=1S/C23H24FN3O3S/c1-17-26-20(16-31-17)14-27(21-11-9-19(24)10-12-21)22(28)8-5-13-25-23(29)30-15-18-6-3-2-4-7-18/h2-4,6-7,9-12,16H,5,8,13-15H2,1H3,(H,25,29). The smallest absolute Gasteiger partial charge is 0.407 e. The number of amides is 2. The molecule has 0 aliphatic carbocycles. The fraction of sp³-hybridized carbons (Fsp3) is 0.261. The van der Waals surface area contributed by atoms with E-state index in [1.165, 1.54) is 23.5 Å². The van der Waals surface area contributed by atoms with E-state index in [0.717, 1.165) is 16.3 Å². The fourth-order valence-electron chi connectivity index (χ4n) is 2.93. The van der Waals surface area contributed by atoms with Gasteiger partial charge in [-0.3, -0.25) is 4.79 Å². The molecule has 0 bridgehead atoms. The molecule has 0 saturated carbocycles. The van der Waals surface area contributed by atoms with Crippen LogP contribution in [-0.4, -0.2) is 23.5 Å². The van der Waals surface area contributed by atoms with Crippen molar-refractivity contribution in [3.8, 4) is 0 Å². The van der Waals surface area contributed by atoms with Crippen LogP contribution in [-0.2, 0) is 22.7 Å². The number of aryl methyl sites for hydroxylation is 1. The van der Waals surface area contributed by atoms with Crippen LogP contribution in [0.2, 0.25) is 0 Å². The largest absolute Gasteiger partial charge is 0.445 e. The molecular weight excluding hydrogens is 417 g/mol. The lowest BCUT2D eigenvalue weighted by atomic mass is 10.2. The third-order valence-electron chi connectivity index (χ3n) is 4.48. The molecule has 8 heteroatoms. The van der Waals surface area contributed by atoms with Crippen molar-refractivity contribution in [2.45, 2.75) is 32.9 Å². The number of benzene rings is 2. The third-order valence-corrected chi connectivity index (χ3v) is 5.30. The summed E-state index contributed by atoms with van der Waals surface area (Å²) >= 11 is 1.51. The van der Waals surface area contributed by atoms with Crippen LogP contribution in [0.4, 0.5) is 14.9 Å². The van der Waals surface area contributed by atoms with Crippen LogP contribution in [0.25, 0.3) is 0 Å². The molecular formula is C23H24FN3O3S. The maximum Gasteiger partial charge on any atom is 0.407 e. The zero-order chi connectivity index (χ0) is 22.1. The first-order valence-corrected chi connectivity index (χ1v) is 10.8. The first-order valence-electron chi connectivity index (χ1n) is 9.93. The van der Waals surface area contributed by atoms with E-state index in [9.17, 15) is 14.0 Å². The molecule has 0 spiro atoms. The van der Waals surface area contributed by atoms with Gasteiger partial charge in [0.05, 0.1) is 17.2 Å². The normalized spacial score (nSPS) is 10.5. The quantitative estimate of drug-likeness (QED) is 0.483. The Morgan fingerprint density at radius 1 is 1.13 bits per heavy atom. The molecule has 6 nitrogen and oxygen atoms in total. The molecule has 162 valence electrons. The Kier molecular flexibility index (Phi) is 8.12. The molecule has 0 fully saturated rings. The van der Waals surface area contributed by atoms with Gasteiger partial charge in [0, 0.05) is 24.0 Å². The number of hydrogen-bond acceptors (Lipinski definition) is 5. The molecule has 1 N–H and O–H groups in total. The van der Waals surface area contributed by atoms with Gasteiger partial charge in [0.1, 0.15) is 12.4 Å². The summed E-state index contributed by atoms with van der Waals surface area (Å²) in [7, 11) is 0. The van der Waals surface area contributed by atoms with Crippen molar-refractivity contribution in [3.05, 3.63) is 82.1 Å². The van der Waals surface area contributed by atoms with Crippen molar-refractivity contribution < 1.29 is 18.7 Å². The van der Waals surface area contributed by atoms with Gasteiger partial charge in [-0.05, 0) is 43.2 Å². The highest BCUT2D eigenvalue weighted by Crippen LogP contribution is 2.20. The van der Waals surface area contributed by atoms with E-state index in [4.69, 9.17) is 4.74 Å². The number of rotatable bonds is 9. The predicted molar refractivity (Wildman–Crippen MR) is 118 cm³/mol. The second kappa shape index (κ2) is 11.2. The number of ether oxygens (including phenoxy) is 1. The second-order valence-corrected chi connectivity index (χ2v) is 7.97.